The lowest BCUT2D eigenvalue weighted by Crippen LogP contribution is -2.31. The first kappa shape index (κ1) is 24.5. The second kappa shape index (κ2) is 12.2. The molecule has 1 atom stereocenters. The average Bonchev–Trinajstić information content (AvgIpc) is 2.77. The molecule has 0 spiro atoms. The largest absolute Gasteiger partial charge is 0.490 e. The highest BCUT2D eigenvalue weighted by Gasteiger charge is 2.16. The molecule has 2 amide bonds. The molecule has 2 rings (SSSR count). The first-order valence-corrected chi connectivity index (χ1v) is 11.0. The smallest absolute Gasteiger partial charge is 0.251 e. The number of amides is 2. The minimum Gasteiger partial charge on any atom is -0.490 e. The third-order valence-electron chi connectivity index (χ3n) is 4.68. The summed E-state index contributed by atoms with van der Waals surface area (Å²) in [5.41, 5.74) is 1.86. The summed E-state index contributed by atoms with van der Waals surface area (Å²) in [6.07, 6.45) is 1.71. The molecule has 0 radical (unpaired) electrons. The van der Waals surface area contributed by atoms with Gasteiger partial charge in [-0.1, -0.05) is 37.6 Å². The van der Waals surface area contributed by atoms with E-state index in [4.69, 9.17) is 21.1 Å². The Morgan fingerprint density at radius 1 is 1.00 bits per heavy atom. The predicted octanol–water partition coefficient (Wildman–Crippen LogP) is 4.99. The van der Waals surface area contributed by atoms with Crippen LogP contribution < -0.4 is 20.1 Å². The van der Waals surface area contributed by atoms with Gasteiger partial charge in [0.15, 0.2) is 11.5 Å². The van der Waals surface area contributed by atoms with Gasteiger partial charge in [-0.3, -0.25) is 9.59 Å². The monoisotopic (exact) mass is 446 g/mol. The fraction of sp³-hybridized carbons (Fsp3) is 0.417. The van der Waals surface area contributed by atoms with Gasteiger partial charge in [0.1, 0.15) is 0 Å². The molecular formula is C24H31ClN2O4. The molecule has 1 unspecified atom stereocenters. The molecule has 0 aliphatic rings. The molecule has 2 aromatic rings. The van der Waals surface area contributed by atoms with Gasteiger partial charge >= 0.3 is 0 Å². The van der Waals surface area contributed by atoms with Gasteiger partial charge in [-0.15, -0.1) is 0 Å². The molecule has 0 saturated heterocycles. The first-order valence-electron chi connectivity index (χ1n) is 10.7. The van der Waals surface area contributed by atoms with E-state index in [-0.39, 0.29) is 17.9 Å². The number of ether oxygens (including phenoxy) is 2. The summed E-state index contributed by atoms with van der Waals surface area (Å²) >= 11 is 6.34. The minimum absolute atomic E-state index is 0.103. The highest BCUT2D eigenvalue weighted by Crippen LogP contribution is 2.36. The summed E-state index contributed by atoms with van der Waals surface area (Å²) < 4.78 is 11.3. The Balaban J connectivity index is 2.04. The van der Waals surface area contributed by atoms with Crippen molar-refractivity contribution in [3.63, 3.8) is 0 Å². The molecule has 0 aromatic heterocycles. The number of halogens is 1. The van der Waals surface area contributed by atoms with Crippen LogP contribution in [0.3, 0.4) is 0 Å². The maximum Gasteiger partial charge on any atom is 0.251 e. The highest BCUT2D eigenvalue weighted by molar-refractivity contribution is 6.32. The number of rotatable bonds is 11. The lowest BCUT2D eigenvalue weighted by atomic mass is 10.1. The maximum absolute atomic E-state index is 12.7. The number of benzene rings is 2. The Hall–Kier alpha value is -2.73. The number of carbonyl (C=O) groups excluding carboxylic acids is 2. The minimum atomic E-state index is -0.275. The van der Waals surface area contributed by atoms with E-state index in [1.165, 1.54) is 0 Å². The molecule has 168 valence electrons. The van der Waals surface area contributed by atoms with Gasteiger partial charge in [-0.05, 0) is 56.5 Å². The predicted molar refractivity (Wildman–Crippen MR) is 123 cm³/mol. The van der Waals surface area contributed by atoms with Gasteiger partial charge in [-0.25, -0.2) is 0 Å². The highest BCUT2D eigenvalue weighted by atomic mass is 35.5. The van der Waals surface area contributed by atoms with Crippen LogP contribution in [0.4, 0.5) is 0 Å². The number of hydrogen-bond acceptors (Lipinski definition) is 4. The van der Waals surface area contributed by atoms with Crippen LogP contribution in [0.5, 0.6) is 11.5 Å². The van der Waals surface area contributed by atoms with Crippen LogP contribution in [0.25, 0.3) is 0 Å². The van der Waals surface area contributed by atoms with Gasteiger partial charge in [0.2, 0.25) is 0 Å². The van der Waals surface area contributed by atoms with Crippen molar-refractivity contribution < 1.29 is 19.1 Å². The second-order valence-corrected chi connectivity index (χ2v) is 7.64. The summed E-state index contributed by atoms with van der Waals surface area (Å²) in [7, 11) is 0. The molecule has 0 aliphatic heterocycles. The molecule has 0 heterocycles. The third-order valence-corrected chi connectivity index (χ3v) is 4.96. The van der Waals surface area contributed by atoms with E-state index in [2.05, 4.69) is 10.6 Å². The van der Waals surface area contributed by atoms with E-state index >= 15 is 0 Å². The maximum atomic E-state index is 12.7. The van der Waals surface area contributed by atoms with Crippen molar-refractivity contribution in [1.82, 2.24) is 10.6 Å². The van der Waals surface area contributed by atoms with Crippen LogP contribution >= 0.6 is 11.6 Å². The Kier molecular flexibility index (Phi) is 9.66. The van der Waals surface area contributed by atoms with Crippen molar-refractivity contribution in [2.75, 3.05) is 13.2 Å². The molecule has 0 aliphatic carbocycles. The number of nitrogens with one attached hydrogen (secondary N) is 2. The normalized spacial score (nSPS) is 11.5. The van der Waals surface area contributed by atoms with Crippen molar-refractivity contribution in [1.29, 1.82) is 0 Å². The summed E-state index contributed by atoms with van der Waals surface area (Å²) in [5.74, 6) is 0.523. The van der Waals surface area contributed by atoms with Crippen molar-refractivity contribution in [3.8, 4) is 11.5 Å². The standard InChI is InChI=1S/C24H31ClN2O4/c1-5-12-31-22-20(25)13-19(14-21(22)30-7-3)23(28)26-15-17-8-10-18(11-9-17)24(29)27-16(4)6-2/h8-11,13-14,16H,5-7,12,15H2,1-4H3,(H,26,28)(H,27,29). The van der Waals surface area contributed by atoms with Crippen molar-refractivity contribution in [3.05, 3.63) is 58.1 Å². The van der Waals surface area contributed by atoms with Crippen molar-refractivity contribution >= 4 is 23.4 Å². The topological polar surface area (TPSA) is 76.7 Å². The first-order chi connectivity index (χ1) is 14.9. The fourth-order valence-electron chi connectivity index (χ4n) is 2.77. The average molecular weight is 447 g/mol. The van der Waals surface area contributed by atoms with E-state index in [1.54, 1.807) is 24.3 Å². The van der Waals surface area contributed by atoms with Gasteiger partial charge in [0.05, 0.1) is 18.2 Å². The molecule has 0 saturated carbocycles. The van der Waals surface area contributed by atoms with Crippen LogP contribution in [-0.2, 0) is 6.54 Å². The molecule has 0 fully saturated rings. The van der Waals surface area contributed by atoms with E-state index in [0.29, 0.717) is 47.4 Å². The lowest BCUT2D eigenvalue weighted by molar-refractivity contribution is 0.0934. The Morgan fingerprint density at radius 3 is 2.32 bits per heavy atom. The van der Waals surface area contributed by atoms with E-state index in [9.17, 15) is 9.59 Å². The summed E-state index contributed by atoms with van der Waals surface area (Å²) in [5, 5.41) is 6.14. The molecular weight excluding hydrogens is 416 g/mol. The van der Waals surface area contributed by atoms with Crippen LogP contribution in [0.1, 0.15) is 66.8 Å². The van der Waals surface area contributed by atoms with Crippen LogP contribution in [0.2, 0.25) is 5.02 Å². The molecule has 2 N–H and O–H groups in total. The quantitative estimate of drug-likeness (QED) is 0.510. The Labute approximate surface area is 189 Å². The molecule has 31 heavy (non-hydrogen) atoms. The Morgan fingerprint density at radius 2 is 1.71 bits per heavy atom. The summed E-state index contributed by atoms with van der Waals surface area (Å²) in [6, 6.07) is 10.5. The van der Waals surface area contributed by atoms with Gasteiger partial charge < -0.3 is 20.1 Å². The SMILES string of the molecule is CCCOc1c(Cl)cc(C(=O)NCc2ccc(C(=O)NC(C)CC)cc2)cc1OCC. The Bertz CT molecular complexity index is 884. The van der Waals surface area contributed by atoms with E-state index in [1.807, 2.05) is 39.8 Å². The van der Waals surface area contributed by atoms with Crippen LogP contribution in [0, 0.1) is 0 Å². The number of carbonyl (C=O) groups is 2. The third kappa shape index (κ3) is 7.17. The molecule has 7 heteroatoms. The van der Waals surface area contributed by atoms with Gasteiger partial charge in [0.25, 0.3) is 11.8 Å². The zero-order valence-corrected chi connectivity index (χ0v) is 19.3. The molecule has 6 nitrogen and oxygen atoms in total. The second-order valence-electron chi connectivity index (χ2n) is 7.23. The van der Waals surface area contributed by atoms with Gasteiger partial charge in [-0.2, -0.15) is 0 Å². The van der Waals surface area contributed by atoms with E-state index < -0.39 is 0 Å². The fourth-order valence-corrected chi connectivity index (χ4v) is 3.04. The molecule has 2 aromatic carbocycles. The lowest BCUT2D eigenvalue weighted by Gasteiger charge is -2.15. The van der Waals surface area contributed by atoms with Crippen LogP contribution in [-0.4, -0.2) is 31.1 Å². The van der Waals surface area contributed by atoms with Crippen molar-refractivity contribution in [2.45, 2.75) is 53.1 Å². The zero-order valence-electron chi connectivity index (χ0n) is 18.6. The van der Waals surface area contributed by atoms with Crippen LogP contribution in [0.15, 0.2) is 36.4 Å². The zero-order chi connectivity index (χ0) is 22.8. The summed E-state index contributed by atoms with van der Waals surface area (Å²) in [6.45, 7) is 9.11. The van der Waals surface area contributed by atoms with Gasteiger partial charge in [0, 0.05) is 23.7 Å². The summed E-state index contributed by atoms with van der Waals surface area (Å²) in [4.78, 5) is 24.8. The molecule has 0 bridgehead atoms. The van der Waals surface area contributed by atoms with E-state index in [0.717, 1.165) is 18.4 Å². The number of hydrogen-bond donors (Lipinski definition) is 2. The van der Waals surface area contributed by atoms with Crippen molar-refractivity contribution in [2.24, 2.45) is 0 Å².